The average molecular weight is 336 g/mol. The third-order valence-electron chi connectivity index (χ3n) is 4.37. The third-order valence-corrected chi connectivity index (χ3v) is 5.72. The van der Waals surface area contributed by atoms with Crippen molar-refractivity contribution >= 4 is 21.6 Å². The molecule has 1 amide bonds. The molecule has 0 radical (unpaired) electrons. The van der Waals surface area contributed by atoms with E-state index < -0.39 is 10.0 Å². The zero-order valence-corrected chi connectivity index (χ0v) is 14.0. The maximum atomic E-state index is 12.6. The van der Waals surface area contributed by atoms with Crippen molar-refractivity contribution in [2.24, 2.45) is 0 Å². The summed E-state index contributed by atoms with van der Waals surface area (Å²) in [5, 5.41) is 0. The van der Waals surface area contributed by atoms with Crippen molar-refractivity contribution in [1.29, 1.82) is 0 Å². The molecule has 3 rings (SSSR count). The van der Waals surface area contributed by atoms with E-state index in [2.05, 4.69) is 4.98 Å². The number of fused-ring (bicyclic) bond motifs is 1. The van der Waals surface area contributed by atoms with Gasteiger partial charge in [-0.1, -0.05) is 6.07 Å². The van der Waals surface area contributed by atoms with Crippen LogP contribution in [0.2, 0.25) is 0 Å². The normalized spacial score (nSPS) is 17.1. The summed E-state index contributed by atoms with van der Waals surface area (Å²) in [6, 6.07) is 5.57. The van der Waals surface area contributed by atoms with Crippen LogP contribution >= 0.6 is 0 Å². The fourth-order valence-electron chi connectivity index (χ4n) is 2.90. The van der Waals surface area contributed by atoms with E-state index in [1.54, 1.807) is 18.1 Å². The maximum absolute atomic E-state index is 12.6. The number of aromatic nitrogens is 2. The highest BCUT2D eigenvalue weighted by molar-refractivity contribution is 7.88. The molecule has 0 unspecified atom stereocenters. The van der Waals surface area contributed by atoms with Crippen LogP contribution in [0.15, 0.2) is 30.6 Å². The Hall–Kier alpha value is -1.93. The van der Waals surface area contributed by atoms with Gasteiger partial charge in [-0.3, -0.25) is 4.79 Å². The number of imidazole rings is 1. The topological polar surface area (TPSA) is 75.0 Å². The lowest BCUT2D eigenvalue weighted by molar-refractivity contribution is 0.0681. The van der Waals surface area contributed by atoms with Gasteiger partial charge >= 0.3 is 0 Å². The van der Waals surface area contributed by atoms with Crippen molar-refractivity contribution in [2.75, 3.05) is 26.4 Å². The molecule has 3 heterocycles. The molecule has 0 spiro atoms. The molecule has 124 valence electrons. The molecule has 1 aliphatic heterocycles. The molecule has 0 atom stereocenters. The van der Waals surface area contributed by atoms with Crippen LogP contribution in [0.5, 0.6) is 0 Å². The van der Waals surface area contributed by atoms with Gasteiger partial charge in [0.25, 0.3) is 5.91 Å². The number of amides is 1. The number of sulfonamides is 1. The fourth-order valence-corrected chi connectivity index (χ4v) is 3.66. The zero-order chi connectivity index (χ0) is 16.6. The van der Waals surface area contributed by atoms with E-state index in [0.717, 1.165) is 5.65 Å². The number of nitrogens with zero attached hydrogens (tertiary/aromatic N) is 4. The second kappa shape index (κ2) is 5.93. The molecular formula is C15H20N4O3S. The van der Waals surface area contributed by atoms with Crippen LogP contribution in [-0.4, -0.2) is 65.3 Å². The number of piperidine rings is 1. The van der Waals surface area contributed by atoms with Gasteiger partial charge in [0.15, 0.2) is 0 Å². The van der Waals surface area contributed by atoms with Crippen LogP contribution in [0.25, 0.3) is 5.65 Å². The summed E-state index contributed by atoms with van der Waals surface area (Å²) in [6.45, 7) is 1.08. The molecule has 23 heavy (non-hydrogen) atoms. The lowest BCUT2D eigenvalue weighted by atomic mass is 10.1. The van der Waals surface area contributed by atoms with E-state index >= 15 is 0 Å². The number of carbonyl (C=O) groups is 1. The SMILES string of the molecule is CN(C1CCN(C(=O)c2cn3ccccc3n2)CC1)S(C)(=O)=O. The standard InChI is InChI=1S/C15H20N4O3S/c1-17(23(2,21)22)12-6-9-18(10-7-12)15(20)13-11-19-8-4-3-5-14(19)16-13/h3-5,8,11-12H,6-7,9-10H2,1-2H3. The second-order valence-electron chi connectivity index (χ2n) is 5.89. The van der Waals surface area contributed by atoms with Crippen LogP contribution in [0.3, 0.4) is 0 Å². The Morgan fingerprint density at radius 2 is 2.00 bits per heavy atom. The molecule has 0 aromatic carbocycles. The molecule has 1 fully saturated rings. The molecule has 0 bridgehead atoms. The summed E-state index contributed by atoms with van der Waals surface area (Å²) in [6.07, 6.45) is 6.07. The Labute approximate surface area is 135 Å². The van der Waals surface area contributed by atoms with Crippen LogP contribution in [0.4, 0.5) is 0 Å². The quantitative estimate of drug-likeness (QED) is 0.832. The Bertz CT molecular complexity index is 789. The molecule has 0 saturated carbocycles. The predicted octanol–water partition coefficient (Wildman–Crippen LogP) is 0.830. The Morgan fingerprint density at radius 3 is 2.61 bits per heavy atom. The highest BCUT2D eigenvalue weighted by Gasteiger charge is 2.30. The molecule has 2 aromatic heterocycles. The first-order valence-electron chi connectivity index (χ1n) is 7.52. The molecule has 0 N–H and O–H groups in total. The van der Waals surface area contributed by atoms with Crippen molar-refractivity contribution < 1.29 is 13.2 Å². The van der Waals surface area contributed by atoms with Crippen molar-refractivity contribution in [3.05, 3.63) is 36.3 Å². The van der Waals surface area contributed by atoms with Crippen LogP contribution in [0.1, 0.15) is 23.3 Å². The largest absolute Gasteiger partial charge is 0.337 e. The number of pyridine rings is 1. The van der Waals surface area contributed by atoms with E-state index in [0.29, 0.717) is 31.6 Å². The molecular weight excluding hydrogens is 316 g/mol. The smallest absolute Gasteiger partial charge is 0.274 e. The van der Waals surface area contributed by atoms with Gasteiger partial charge in [-0.15, -0.1) is 0 Å². The summed E-state index contributed by atoms with van der Waals surface area (Å²) in [5.74, 6) is -0.103. The number of carbonyl (C=O) groups excluding carboxylic acids is 1. The summed E-state index contributed by atoms with van der Waals surface area (Å²) >= 11 is 0. The monoisotopic (exact) mass is 336 g/mol. The number of likely N-dealkylation sites (tertiary alicyclic amines) is 1. The molecule has 1 aliphatic rings. The molecule has 1 saturated heterocycles. The van der Waals surface area contributed by atoms with Crippen molar-refractivity contribution in [3.8, 4) is 0 Å². The second-order valence-corrected chi connectivity index (χ2v) is 7.94. The molecule has 7 nitrogen and oxygen atoms in total. The van der Waals surface area contributed by atoms with Crippen LogP contribution in [-0.2, 0) is 10.0 Å². The molecule has 2 aromatic rings. The summed E-state index contributed by atoms with van der Waals surface area (Å²) in [4.78, 5) is 18.7. The van der Waals surface area contributed by atoms with Crippen molar-refractivity contribution in [2.45, 2.75) is 18.9 Å². The van der Waals surface area contributed by atoms with Gasteiger partial charge in [0.1, 0.15) is 11.3 Å². The first kappa shape index (κ1) is 15.9. The van der Waals surface area contributed by atoms with Crippen molar-refractivity contribution in [3.63, 3.8) is 0 Å². The maximum Gasteiger partial charge on any atom is 0.274 e. The van der Waals surface area contributed by atoms with Gasteiger partial charge < -0.3 is 9.30 Å². The average Bonchev–Trinajstić information content (AvgIpc) is 2.96. The van der Waals surface area contributed by atoms with Gasteiger partial charge in [0, 0.05) is 38.6 Å². The lowest BCUT2D eigenvalue weighted by Gasteiger charge is -2.35. The molecule has 8 heteroatoms. The highest BCUT2D eigenvalue weighted by atomic mass is 32.2. The Morgan fingerprint density at radius 1 is 1.30 bits per heavy atom. The molecule has 0 aliphatic carbocycles. The van der Waals surface area contributed by atoms with Gasteiger partial charge in [0.2, 0.25) is 10.0 Å². The minimum Gasteiger partial charge on any atom is -0.337 e. The van der Waals surface area contributed by atoms with Gasteiger partial charge in [-0.2, -0.15) is 0 Å². The van der Waals surface area contributed by atoms with E-state index in [4.69, 9.17) is 0 Å². The lowest BCUT2D eigenvalue weighted by Crippen LogP contribution is -2.47. The Kier molecular flexibility index (Phi) is 4.11. The summed E-state index contributed by atoms with van der Waals surface area (Å²) in [5.41, 5.74) is 1.16. The van der Waals surface area contributed by atoms with Gasteiger partial charge in [0.05, 0.1) is 6.26 Å². The predicted molar refractivity (Wildman–Crippen MR) is 86.7 cm³/mol. The fraction of sp³-hybridized carbons (Fsp3) is 0.467. The Balaban J connectivity index is 1.68. The summed E-state index contributed by atoms with van der Waals surface area (Å²) in [7, 11) is -1.60. The minimum atomic E-state index is -3.20. The number of hydrogen-bond donors (Lipinski definition) is 0. The van der Waals surface area contributed by atoms with Gasteiger partial charge in [-0.05, 0) is 25.0 Å². The third kappa shape index (κ3) is 3.23. The minimum absolute atomic E-state index is 0.0462. The first-order chi connectivity index (χ1) is 10.9. The summed E-state index contributed by atoms with van der Waals surface area (Å²) < 4.78 is 26.4. The van der Waals surface area contributed by atoms with E-state index in [9.17, 15) is 13.2 Å². The number of hydrogen-bond acceptors (Lipinski definition) is 4. The van der Waals surface area contributed by atoms with Gasteiger partial charge in [-0.25, -0.2) is 17.7 Å². The number of rotatable bonds is 3. The zero-order valence-electron chi connectivity index (χ0n) is 13.2. The van der Waals surface area contributed by atoms with E-state index in [1.807, 2.05) is 28.8 Å². The highest BCUT2D eigenvalue weighted by Crippen LogP contribution is 2.19. The van der Waals surface area contributed by atoms with E-state index in [-0.39, 0.29) is 11.9 Å². The van der Waals surface area contributed by atoms with E-state index in [1.165, 1.54) is 10.6 Å². The first-order valence-corrected chi connectivity index (χ1v) is 9.37. The van der Waals surface area contributed by atoms with Crippen LogP contribution < -0.4 is 0 Å². The van der Waals surface area contributed by atoms with Crippen LogP contribution in [0, 0.1) is 0 Å². The van der Waals surface area contributed by atoms with Crippen molar-refractivity contribution in [1.82, 2.24) is 18.6 Å².